The summed E-state index contributed by atoms with van der Waals surface area (Å²) in [5.41, 5.74) is -0.0652. The quantitative estimate of drug-likeness (QED) is 0.546. The highest BCUT2D eigenvalue weighted by Crippen LogP contribution is 2.32. The Bertz CT molecular complexity index is 1200. The summed E-state index contributed by atoms with van der Waals surface area (Å²) in [6.45, 7) is 0.812. The van der Waals surface area contributed by atoms with Crippen LogP contribution in [0.3, 0.4) is 0 Å². The number of hydrogen-bond donors (Lipinski definition) is 3. The Morgan fingerprint density at radius 2 is 1.84 bits per heavy atom. The van der Waals surface area contributed by atoms with Crippen LogP contribution in [0.2, 0.25) is 0 Å². The number of imidazole rings is 1. The highest BCUT2D eigenvalue weighted by atomic mass is 19.1. The van der Waals surface area contributed by atoms with Crippen LogP contribution in [0, 0.1) is 17.5 Å². The molecule has 2 aromatic heterocycles. The highest BCUT2D eigenvalue weighted by Gasteiger charge is 2.27. The van der Waals surface area contributed by atoms with Gasteiger partial charge >= 0.3 is 0 Å². The standard InChI is InChI=1S/C21H23F3N6O2/c22-11-7-15(23)18(16(24)8-11)28-21-27-17-9-25-20(26-12-1-3-14(31)4-2-12)29-19(17)30(21)13-5-6-32-10-13/h7-9,12-14,31H,1-6,10H2,(H,27,28)(H,25,26,29)/t12?,13-,14?/m0/s1/i7D,8D. The van der Waals surface area contributed by atoms with Gasteiger partial charge in [0.05, 0.1) is 27.7 Å². The van der Waals surface area contributed by atoms with Crippen LogP contribution in [0.5, 0.6) is 0 Å². The number of ether oxygens (including phenoxy) is 1. The maximum absolute atomic E-state index is 14.6. The second-order valence-corrected chi connectivity index (χ2v) is 8.07. The van der Waals surface area contributed by atoms with Crippen LogP contribution in [0.4, 0.5) is 30.8 Å². The maximum Gasteiger partial charge on any atom is 0.224 e. The zero-order chi connectivity index (χ0) is 24.0. The van der Waals surface area contributed by atoms with Crippen LogP contribution >= 0.6 is 0 Å². The van der Waals surface area contributed by atoms with Crippen LogP contribution < -0.4 is 10.6 Å². The second kappa shape index (κ2) is 8.55. The Kier molecular flexibility index (Phi) is 4.98. The first-order valence-electron chi connectivity index (χ1n) is 11.5. The van der Waals surface area contributed by atoms with E-state index in [4.69, 9.17) is 7.48 Å². The molecular weight excluding hydrogens is 425 g/mol. The molecule has 3 N–H and O–H groups in total. The lowest BCUT2D eigenvalue weighted by Gasteiger charge is -2.26. The zero-order valence-electron chi connectivity index (χ0n) is 19.0. The summed E-state index contributed by atoms with van der Waals surface area (Å²) in [4.78, 5) is 13.3. The van der Waals surface area contributed by atoms with E-state index >= 15 is 0 Å². The number of fused-ring (bicyclic) bond motifs is 1. The molecule has 0 radical (unpaired) electrons. The van der Waals surface area contributed by atoms with Crippen LogP contribution in [-0.2, 0) is 4.74 Å². The lowest BCUT2D eigenvalue weighted by Crippen LogP contribution is -2.29. The SMILES string of the molecule is [2H]c1c(F)c([2H])c(F)c(Nc2nc3cnc(NC4CCC(O)CC4)nc3n2[C@H]2CCOC2)c1F. The van der Waals surface area contributed by atoms with Gasteiger partial charge in [-0.25, -0.2) is 23.1 Å². The maximum atomic E-state index is 14.6. The third kappa shape index (κ3) is 4.09. The summed E-state index contributed by atoms with van der Waals surface area (Å²) < 4.78 is 65.1. The van der Waals surface area contributed by atoms with E-state index in [9.17, 15) is 18.3 Å². The molecule has 1 aromatic carbocycles. The number of nitrogens with zero attached hydrogens (tertiary/aromatic N) is 4. The van der Waals surface area contributed by atoms with Crippen LogP contribution in [0.15, 0.2) is 18.3 Å². The number of aliphatic hydroxyl groups is 1. The van der Waals surface area contributed by atoms with E-state index in [0.29, 0.717) is 49.6 Å². The average molecular weight is 450 g/mol. The predicted octanol–water partition coefficient (Wildman–Crippen LogP) is 3.66. The molecule has 11 heteroatoms. The number of aliphatic hydroxyl groups excluding tert-OH is 1. The molecule has 32 heavy (non-hydrogen) atoms. The summed E-state index contributed by atoms with van der Waals surface area (Å²) in [5.74, 6) is -4.11. The highest BCUT2D eigenvalue weighted by molar-refractivity contribution is 5.76. The normalized spacial score (nSPS) is 24.4. The Morgan fingerprint density at radius 3 is 2.53 bits per heavy atom. The van der Waals surface area contributed by atoms with Gasteiger partial charge in [0.2, 0.25) is 11.9 Å². The minimum atomic E-state index is -1.57. The van der Waals surface area contributed by atoms with E-state index in [2.05, 4.69) is 25.6 Å². The minimum Gasteiger partial charge on any atom is -0.393 e. The van der Waals surface area contributed by atoms with E-state index in [0.717, 1.165) is 12.8 Å². The van der Waals surface area contributed by atoms with Crippen molar-refractivity contribution in [1.82, 2.24) is 19.5 Å². The van der Waals surface area contributed by atoms with E-state index in [1.807, 2.05) is 0 Å². The van der Waals surface area contributed by atoms with E-state index in [1.165, 1.54) is 6.20 Å². The smallest absolute Gasteiger partial charge is 0.224 e. The number of halogens is 3. The molecule has 0 bridgehead atoms. The third-order valence-corrected chi connectivity index (χ3v) is 5.85. The van der Waals surface area contributed by atoms with E-state index < -0.39 is 35.2 Å². The Morgan fingerprint density at radius 1 is 1.09 bits per heavy atom. The summed E-state index contributed by atoms with van der Waals surface area (Å²) in [6, 6.07) is -2.54. The van der Waals surface area contributed by atoms with Gasteiger partial charge in [-0.15, -0.1) is 0 Å². The third-order valence-electron chi connectivity index (χ3n) is 5.85. The van der Waals surface area contributed by atoms with Gasteiger partial charge in [-0.2, -0.15) is 4.98 Å². The average Bonchev–Trinajstić information content (AvgIpc) is 3.48. The number of hydrogen-bond acceptors (Lipinski definition) is 7. The van der Waals surface area contributed by atoms with Gasteiger partial charge in [-0.3, -0.25) is 4.57 Å². The Hall–Kier alpha value is -2.92. The summed E-state index contributed by atoms with van der Waals surface area (Å²) in [6.07, 6.45) is 4.74. The first kappa shape index (κ1) is 18.6. The molecule has 1 saturated heterocycles. The fourth-order valence-corrected chi connectivity index (χ4v) is 4.19. The molecule has 1 aliphatic carbocycles. The molecule has 0 spiro atoms. The van der Waals surface area contributed by atoms with Gasteiger partial charge in [0, 0.05) is 24.7 Å². The first-order chi connectivity index (χ1) is 16.3. The van der Waals surface area contributed by atoms with E-state index in [1.54, 1.807) is 4.57 Å². The van der Waals surface area contributed by atoms with E-state index in [-0.39, 0.29) is 24.1 Å². The monoisotopic (exact) mass is 450 g/mol. The number of anilines is 3. The van der Waals surface area contributed by atoms with Gasteiger partial charge in [-0.1, -0.05) is 0 Å². The fourth-order valence-electron chi connectivity index (χ4n) is 4.19. The molecule has 0 amide bonds. The van der Waals surface area contributed by atoms with Crippen LogP contribution in [-0.4, -0.2) is 50.0 Å². The Balaban J connectivity index is 1.54. The molecular formula is C21H23F3N6O2. The second-order valence-electron chi connectivity index (χ2n) is 8.07. The lowest BCUT2D eigenvalue weighted by molar-refractivity contribution is 0.126. The van der Waals surface area contributed by atoms with Gasteiger partial charge in [0.15, 0.2) is 17.3 Å². The molecule has 1 saturated carbocycles. The topological polar surface area (TPSA) is 97.1 Å². The minimum absolute atomic E-state index is 0.0148. The number of nitrogens with one attached hydrogen (secondary N) is 2. The molecule has 8 nitrogen and oxygen atoms in total. The van der Waals surface area contributed by atoms with Crippen molar-refractivity contribution in [3.05, 3.63) is 35.7 Å². The molecule has 3 aromatic rings. The molecule has 1 aliphatic heterocycles. The van der Waals surface area contributed by atoms with Crippen molar-refractivity contribution < 1.29 is 25.8 Å². The number of benzene rings is 1. The zero-order valence-corrected chi connectivity index (χ0v) is 17.0. The summed E-state index contributed by atoms with van der Waals surface area (Å²) in [7, 11) is 0. The molecule has 0 unspecified atom stereocenters. The summed E-state index contributed by atoms with van der Waals surface area (Å²) >= 11 is 0. The Labute approximate surface area is 184 Å². The molecule has 5 rings (SSSR count). The van der Waals surface area contributed by atoms with Gasteiger partial charge in [0.25, 0.3) is 0 Å². The molecule has 170 valence electrons. The van der Waals surface area contributed by atoms with Crippen molar-refractivity contribution in [2.24, 2.45) is 0 Å². The van der Waals surface area contributed by atoms with Gasteiger partial charge < -0.3 is 20.5 Å². The van der Waals surface area contributed by atoms with Crippen molar-refractivity contribution in [3.8, 4) is 0 Å². The molecule has 2 aliphatic rings. The first-order valence-corrected chi connectivity index (χ1v) is 10.5. The van der Waals surface area contributed by atoms with Crippen molar-refractivity contribution in [1.29, 1.82) is 0 Å². The van der Waals surface area contributed by atoms with Crippen LogP contribution in [0.25, 0.3) is 11.2 Å². The summed E-state index contributed by atoms with van der Waals surface area (Å²) in [5, 5.41) is 15.5. The van der Waals surface area contributed by atoms with Crippen molar-refractivity contribution in [3.63, 3.8) is 0 Å². The lowest BCUT2D eigenvalue weighted by atomic mass is 9.93. The van der Waals surface area contributed by atoms with Crippen LogP contribution in [0.1, 0.15) is 40.9 Å². The van der Waals surface area contributed by atoms with Crippen molar-refractivity contribution >= 4 is 28.7 Å². The van der Waals surface area contributed by atoms with Gasteiger partial charge in [0.1, 0.15) is 17.0 Å². The van der Waals surface area contributed by atoms with Gasteiger partial charge in [-0.05, 0) is 32.1 Å². The molecule has 3 heterocycles. The number of rotatable bonds is 5. The largest absolute Gasteiger partial charge is 0.393 e. The fraction of sp³-hybridized carbons (Fsp3) is 0.476. The number of aromatic nitrogens is 4. The van der Waals surface area contributed by atoms with Crippen molar-refractivity contribution in [2.45, 2.75) is 50.3 Å². The molecule has 2 fully saturated rings. The molecule has 1 atom stereocenters. The predicted molar refractivity (Wildman–Crippen MR) is 111 cm³/mol. The van der Waals surface area contributed by atoms with Crippen molar-refractivity contribution in [2.75, 3.05) is 23.8 Å².